The quantitative estimate of drug-likeness (QED) is 0.571. The predicted octanol–water partition coefficient (Wildman–Crippen LogP) is 6.11. The highest BCUT2D eigenvalue weighted by molar-refractivity contribution is 7.19. The first kappa shape index (κ1) is 21.3. The summed E-state index contributed by atoms with van der Waals surface area (Å²) in [4.78, 5) is 14.9. The molecule has 0 aliphatic carbocycles. The Balaban J connectivity index is 2.41. The van der Waals surface area contributed by atoms with Gasteiger partial charge in [0.25, 0.3) is 5.91 Å². The Morgan fingerprint density at radius 2 is 1.37 bits per heavy atom. The minimum Gasteiger partial charge on any atom is -0.298 e. The molecule has 148 valence electrons. The molecule has 0 fully saturated rings. The Morgan fingerprint density at radius 1 is 0.889 bits per heavy atom. The largest absolute Gasteiger partial charge is 0.435 e. The van der Waals surface area contributed by atoms with Crippen LogP contribution < -0.4 is 5.32 Å². The van der Waals surface area contributed by atoms with Crippen molar-refractivity contribution in [2.75, 3.05) is 5.32 Å². The SMILES string of the molecule is O=C(Nc1nc(C(F)(F)F)c(Cl)s1)c1cc(C(F)(F)F)cc(C(F)(F)F)c1. The van der Waals surface area contributed by atoms with Crippen molar-refractivity contribution in [1.82, 2.24) is 4.98 Å². The van der Waals surface area contributed by atoms with Crippen LogP contribution in [0.25, 0.3) is 0 Å². The summed E-state index contributed by atoms with van der Waals surface area (Å²) in [5, 5.41) is 0.951. The Bertz CT molecular complexity index is 838. The number of alkyl halides is 9. The summed E-state index contributed by atoms with van der Waals surface area (Å²) in [7, 11) is 0. The molecule has 1 N–H and O–H groups in total. The zero-order valence-corrected chi connectivity index (χ0v) is 13.8. The Morgan fingerprint density at radius 3 is 1.74 bits per heavy atom. The summed E-state index contributed by atoms with van der Waals surface area (Å²) in [6.07, 6.45) is -15.3. The van der Waals surface area contributed by atoms with Crippen LogP contribution in [0.5, 0.6) is 0 Å². The lowest BCUT2D eigenvalue weighted by molar-refractivity contribution is -0.143. The number of carbonyl (C=O) groups is 1. The fourth-order valence-electron chi connectivity index (χ4n) is 1.79. The molecule has 1 amide bonds. The molecule has 0 aliphatic heterocycles. The molecule has 0 atom stereocenters. The van der Waals surface area contributed by atoms with Gasteiger partial charge in [0, 0.05) is 5.56 Å². The van der Waals surface area contributed by atoms with E-state index in [0.29, 0.717) is 0 Å². The molecule has 0 spiro atoms. The second-order valence-electron chi connectivity index (χ2n) is 4.89. The minimum absolute atomic E-state index is 0.129. The standard InChI is InChI=1S/C13H4ClF9N2OS/c14-8-7(13(21,22)23)24-10(27-8)25-9(26)4-1-5(11(15,16)17)3-6(2-4)12(18,19)20/h1-3H,(H,24,25,26). The number of benzene rings is 1. The van der Waals surface area contributed by atoms with Gasteiger partial charge in [-0.2, -0.15) is 39.5 Å². The second kappa shape index (κ2) is 6.86. The van der Waals surface area contributed by atoms with E-state index in [1.54, 1.807) is 5.32 Å². The molecule has 2 aromatic rings. The minimum atomic E-state index is -5.19. The van der Waals surface area contributed by atoms with Crippen molar-refractivity contribution < 1.29 is 44.3 Å². The van der Waals surface area contributed by atoms with Crippen molar-refractivity contribution in [1.29, 1.82) is 0 Å². The molecule has 0 saturated carbocycles. The highest BCUT2D eigenvalue weighted by Gasteiger charge is 2.39. The molecule has 2 rings (SSSR count). The van der Waals surface area contributed by atoms with Gasteiger partial charge in [-0.3, -0.25) is 10.1 Å². The van der Waals surface area contributed by atoms with E-state index in [1.165, 1.54) is 0 Å². The lowest BCUT2D eigenvalue weighted by Crippen LogP contribution is -2.17. The number of nitrogens with one attached hydrogen (secondary N) is 1. The lowest BCUT2D eigenvalue weighted by atomic mass is 10.0. The van der Waals surface area contributed by atoms with Gasteiger partial charge in [-0.1, -0.05) is 22.9 Å². The lowest BCUT2D eigenvalue weighted by Gasteiger charge is -2.13. The van der Waals surface area contributed by atoms with Crippen molar-refractivity contribution in [2.24, 2.45) is 0 Å². The molecule has 0 aliphatic rings. The third kappa shape index (κ3) is 5.03. The molecular formula is C13H4ClF9N2OS. The molecule has 0 radical (unpaired) electrons. The van der Waals surface area contributed by atoms with Crippen molar-refractivity contribution in [3.05, 3.63) is 44.9 Å². The highest BCUT2D eigenvalue weighted by Crippen LogP contribution is 2.40. The van der Waals surface area contributed by atoms with Crippen molar-refractivity contribution in [2.45, 2.75) is 18.5 Å². The van der Waals surface area contributed by atoms with Crippen molar-refractivity contribution in [3.63, 3.8) is 0 Å². The number of rotatable bonds is 2. The van der Waals surface area contributed by atoms with Crippen LogP contribution >= 0.6 is 22.9 Å². The van der Waals surface area contributed by atoms with Crippen LogP contribution in [-0.2, 0) is 18.5 Å². The normalized spacial score (nSPS) is 13.0. The molecule has 0 bridgehead atoms. The van der Waals surface area contributed by atoms with Crippen molar-refractivity contribution in [3.8, 4) is 0 Å². The number of amides is 1. The van der Waals surface area contributed by atoms with Crippen LogP contribution in [0, 0.1) is 0 Å². The maximum Gasteiger partial charge on any atom is 0.435 e. The molecule has 1 heterocycles. The fourth-order valence-corrected chi connectivity index (χ4v) is 2.86. The van der Waals surface area contributed by atoms with E-state index in [0.717, 1.165) is 0 Å². The van der Waals surface area contributed by atoms with Crippen LogP contribution in [0.3, 0.4) is 0 Å². The van der Waals surface area contributed by atoms with E-state index < -0.39 is 56.3 Å². The van der Waals surface area contributed by atoms with Crippen LogP contribution in [0.4, 0.5) is 44.6 Å². The number of halogens is 10. The Hall–Kier alpha value is -2.02. The maximum absolute atomic E-state index is 12.8. The van der Waals surface area contributed by atoms with Gasteiger partial charge in [-0.15, -0.1) is 0 Å². The summed E-state index contributed by atoms with van der Waals surface area (Å²) in [5.74, 6) is -1.52. The molecule has 0 saturated heterocycles. The zero-order chi connectivity index (χ0) is 20.8. The van der Waals surface area contributed by atoms with Crippen LogP contribution in [-0.4, -0.2) is 10.9 Å². The number of nitrogens with zero attached hydrogens (tertiary/aromatic N) is 1. The summed E-state index contributed by atoms with van der Waals surface area (Å²) >= 11 is 5.46. The Kier molecular flexibility index (Phi) is 5.40. The number of hydrogen-bond acceptors (Lipinski definition) is 3. The highest BCUT2D eigenvalue weighted by atomic mass is 35.5. The van der Waals surface area contributed by atoms with Crippen LogP contribution in [0.1, 0.15) is 27.2 Å². The summed E-state index contributed by atoms with van der Waals surface area (Å²) in [5.41, 5.74) is -6.13. The van der Waals surface area contributed by atoms with Crippen molar-refractivity contribution >= 4 is 34.0 Å². The van der Waals surface area contributed by atoms with E-state index in [2.05, 4.69) is 4.98 Å². The number of thiazole rings is 1. The number of aromatic nitrogens is 1. The van der Waals surface area contributed by atoms with E-state index in [1.807, 2.05) is 0 Å². The topological polar surface area (TPSA) is 42.0 Å². The smallest absolute Gasteiger partial charge is 0.298 e. The molecule has 1 aromatic carbocycles. The van der Waals surface area contributed by atoms with Gasteiger partial charge in [-0.05, 0) is 18.2 Å². The fraction of sp³-hybridized carbons (Fsp3) is 0.231. The molecule has 14 heteroatoms. The summed E-state index contributed by atoms with van der Waals surface area (Å²) in [6, 6.07) is 0.0632. The van der Waals surface area contributed by atoms with E-state index in [4.69, 9.17) is 11.6 Å². The van der Waals surface area contributed by atoms with E-state index in [-0.39, 0.29) is 29.5 Å². The van der Waals surface area contributed by atoms with Crippen LogP contribution in [0.2, 0.25) is 4.34 Å². The van der Waals surface area contributed by atoms with Crippen LogP contribution in [0.15, 0.2) is 18.2 Å². The van der Waals surface area contributed by atoms with Gasteiger partial charge >= 0.3 is 18.5 Å². The third-order valence-electron chi connectivity index (χ3n) is 2.92. The van der Waals surface area contributed by atoms with Gasteiger partial charge < -0.3 is 0 Å². The first-order valence-corrected chi connectivity index (χ1v) is 7.63. The van der Waals surface area contributed by atoms with Gasteiger partial charge in [0.2, 0.25) is 0 Å². The molecule has 27 heavy (non-hydrogen) atoms. The maximum atomic E-state index is 12.8. The number of anilines is 1. The van der Waals surface area contributed by atoms with E-state index >= 15 is 0 Å². The summed E-state index contributed by atoms with van der Waals surface area (Å²) in [6.45, 7) is 0. The second-order valence-corrected chi connectivity index (χ2v) is 6.49. The molecule has 3 nitrogen and oxygen atoms in total. The Labute approximate surface area is 152 Å². The van der Waals surface area contributed by atoms with Gasteiger partial charge in [0.1, 0.15) is 4.34 Å². The number of hydrogen-bond donors (Lipinski definition) is 1. The first-order chi connectivity index (χ1) is 12.1. The average Bonchev–Trinajstić information content (AvgIpc) is 2.85. The predicted molar refractivity (Wildman–Crippen MR) is 76.5 cm³/mol. The van der Waals surface area contributed by atoms with E-state index in [9.17, 15) is 44.3 Å². The van der Waals surface area contributed by atoms with Gasteiger partial charge in [0.15, 0.2) is 10.8 Å². The molecule has 0 unspecified atom stereocenters. The zero-order valence-electron chi connectivity index (χ0n) is 12.3. The summed E-state index contributed by atoms with van der Waals surface area (Å²) < 4.78 is 113. The third-order valence-corrected chi connectivity index (χ3v) is 4.09. The molecule has 1 aromatic heterocycles. The molecular weight excluding hydrogens is 439 g/mol. The van der Waals surface area contributed by atoms with Gasteiger partial charge in [-0.25, -0.2) is 4.98 Å². The van der Waals surface area contributed by atoms with Gasteiger partial charge in [0.05, 0.1) is 11.1 Å². The average molecular weight is 443 g/mol. The monoisotopic (exact) mass is 442 g/mol. The first-order valence-electron chi connectivity index (χ1n) is 6.43. The number of carbonyl (C=O) groups excluding carboxylic acids is 1.